The van der Waals surface area contributed by atoms with Crippen LogP contribution in [0, 0.1) is 6.92 Å². The molecular formula is C27H26ClN3O5. The summed E-state index contributed by atoms with van der Waals surface area (Å²) in [6, 6.07) is 18.7. The molecule has 0 fully saturated rings. The molecule has 0 aliphatic rings. The SMILES string of the molecule is Cc1ccccc1C(=O)c1ccc(Nc2ccccc2/C=C/CNC(=O)[C@@H](CO)NC(=O)O)cc1Cl. The number of hydrogen-bond donors (Lipinski definition) is 5. The Bertz CT molecular complexity index is 1290. The number of anilines is 2. The van der Waals surface area contributed by atoms with E-state index in [9.17, 15) is 14.4 Å². The molecule has 0 radical (unpaired) electrons. The number of nitrogens with one attached hydrogen (secondary N) is 3. The van der Waals surface area contributed by atoms with E-state index in [4.69, 9.17) is 21.8 Å². The Labute approximate surface area is 213 Å². The molecule has 8 nitrogen and oxygen atoms in total. The van der Waals surface area contributed by atoms with Gasteiger partial charge in [-0.3, -0.25) is 9.59 Å². The Kier molecular flexibility index (Phi) is 9.21. The number of halogens is 1. The van der Waals surface area contributed by atoms with Gasteiger partial charge in [-0.15, -0.1) is 0 Å². The van der Waals surface area contributed by atoms with Crippen molar-refractivity contribution in [3.8, 4) is 0 Å². The van der Waals surface area contributed by atoms with Crippen LogP contribution in [0.25, 0.3) is 6.08 Å². The van der Waals surface area contributed by atoms with E-state index < -0.39 is 24.6 Å². The van der Waals surface area contributed by atoms with Crippen molar-refractivity contribution < 1.29 is 24.6 Å². The Balaban J connectivity index is 1.68. The number of hydrogen-bond acceptors (Lipinski definition) is 5. The number of carboxylic acid groups (broad SMARTS) is 1. The number of amides is 2. The molecule has 3 rings (SSSR count). The molecule has 0 heterocycles. The summed E-state index contributed by atoms with van der Waals surface area (Å²) in [5, 5.41) is 26.0. The average molecular weight is 508 g/mol. The van der Waals surface area contributed by atoms with Gasteiger partial charge in [0.25, 0.3) is 0 Å². The third-order valence-electron chi connectivity index (χ3n) is 5.33. The highest BCUT2D eigenvalue weighted by atomic mass is 35.5. The quantitative estimate of drug-likeness (QED) is 0.259. The van der Waals surface area contributed by atoms with E-state index in [2.05, 4.69) is 10.6 Å². The van der Waals surface area contributed by atoms with Gasteiger partial charge in [0.2, 0.25) is 5.91 Å². The molecule has 0 aromatic heterocycles. The number of rotatable bonds is 10. The molecule has 3 aromatic carbocycles. The minimum Gasteiger partial charge on any atom is -0.465 e. The number of ketones is 1. The topological polar surface area (TPSA) is 128 Å². The molecule has 0 saturated carbocycles. The lowest BCUT2D eigenvalue weighted by atomic mass is 9.99. The predicted octanol–water partition coefficient (Wildman–Crippen LogP) is 4.38. The van der Waals surface area contributed by atoms with E-state index in [1.54, 1.807) is 36.4 Å². The molecule has 186 valence electrons. The van der Waals surface area contributed by atoms with Crippen molar-refractivity contribution in [1.29, 1.82) is 0 Å². The number of aliphatic hydroxyl groups is 1. The van der Waals surface area contributed by atoms with Crippen LogP contribution in [0.2, 0.25) is 5.02 Å². The first-order valence-electron chi connectivity index (χ1n) is 11.1. The Morgan fingerprint density at radius 1 is 1.00 bits per heavy atom. The van der Waals surface area contributed by atoms with E-state index in [-0.39, 0.29) is 12.3 Å². The maximum Gasteiger partial charge on any atom is 0.405 e. The number of aryl methyl sites for hydroxylation is 1. The van der Waals surface area contributed by atoms with Crippen LogP contribution < -0.4 is 16.0 Å². The lowest BCUT2D eigenvalue weighted by Gasteiger charge is -2.13. The normalized spacial score (nSPS) is 11.6. The Morgan fingerprint density at radius 3 is 2.42 bits per heavy atom. The molecule has 0 bridgehead atoms. The van der Waals surface area contributed by atoms with E-state index in [1.165, 1.54) is 0 Å². The van der Waals surface area contributed by atoms with Crippen molar-refractivity contribution in [2.24, 2.45) is 0 Å². The van der Waals surface area contributed by atoms with Crippen LogP contribution in [0.1, 0.15) is 27.0 Å². The van der Waals surface area contributed by atoms with Crippen molar-refractivity contribution in [2.75, 3.05) is 18.5 Å². The molecule has 1 atom stereocenters. The highest BCUT2D eigenvalue weighted by molar-refractivity contribution is 6.35. The molecule has 0 aliphatic carbocycles. The van der Waals surface area contributed by atoms with Crippen LogP contribution in [-0.2, 0) is 4.79 Å². The van der Waals surface area contributed by atoms with Gasteiger partial charge in [0.05, 0.1) is 11.6 Å². The zero-order valence-corrected chi connectivity index (χ0v) is 20.3. The van der Waals surface area contributed by atoms with Gasteiger partial charge >= 0.3 is 6.09 Å². The van der Waals surface area contributed by atoms with Crippen molar-refractivity contribution in [3.05, 3.63) is 100 Å². The van der Waals surface area contributed by atoms with Crippen LogP contribution in [0.3, 0.4) is 0 Å². The van der Waals surface area contributed by atoms with Crippen LogP contribution in [0.5, 0.6) is 0 Å². The highest BCUT2D eigenvalue weighted by Gasteiger charge is 2.18. The maximum atomic E-state index is 12.9. The second kappa shape index (κ2) is 12.5. The molecule has 36 heavy (non-hydrogen) atoms. The van der Waals surface area contributed by atoms with E-state index in [0.717, 1.165) is 16.8 Å². The standard InChI is InChI=1S/C27H26ClN3O5/c1-17-7-2-4-10-20(17)25(33)21-13-12-19(15-22(21)28)30-23-11-5-3-8-18(23)9-6-14-29-26(34)24(16-32)31-27(35)36/h2-13,15,24,30-32H,14,16H2,1H3,(H,29,34)(H,35,36)/b9-6+/t24-/m1/s1. The van der Waals surface area contributed by atoms with Crippen molar-refractivity contribution in [1.82, 2.24) is 10.6 Å². The third-order valence-corrected chi connectivity index (χ3v) is 5.64. The van der Waals surface area contributed by atoms with Crippen molar-refractivity contribution in [3.63, 3.8) is 0 Å². The summed E-state index contributed by atoms with van der Waals surface area (Å²) in [4.78, 5) is 35.6. The third kappa shape index (κ3) is 6.94. The molecule has 0 unspecified atom stereocenters. The monoisotopic (exact) mass is 507 g/mol. The minimum atomic E-state index is -1.40. The van der Waals surface area contributed by atoms with E-state index in [0.29, 0.717) is 21.8 Å². The zero-order chi connectivity index (χ0) is 26.1. The van der Waals surface area contributed by atoms with Gasteiger partial charge in [0.1, 0.15) is 6.04 Å². The fraction of sp³-hybridized carbons (Fsp3) is 0.148. The summed E-state index contributed by atoms with van der Waals surface area (Å²) < 4.78 is 0. The highest BCUT2D eigenvalue weighted by Crippen LogP contribution is 2.28. The van der Waals surface area contributed by atoms with Crippen LogP contribution in [0.15, 0.2) is 72.8 Å². The van der Waals surface area contributed by atoms with E-state index in [1.807, 2.05) is 54.7 Å². The summed E-state index contributed by atoms with van der Waals surface area (Å²) in [6.07, 6.45) is 2.09. The van der Waals surface area contributed by atoms with Crippen LogP contribution in [0.4, 0.5) is 16.2 Å². The first-order chi connectivity index (χ1) is 17.3. The Morgan fingerprint density at radius 2 is 1.72 bits per heavy atom. The fourth-order valence-corrected chi connectivity index (χ4v) is 3.74. The average Bonchev–Trinajstić information content (AvgIpc) is 2.86. The molecule has 3 aromatic rings. The number of carbonyl (C=O) groups is 3. The van der Waals surface area contributed by atoms with Gasteiger partial charge in [-0.05, 0) is 42.3 Å². The number of benzene rings is 3. The molecular weight excluding hydrogens is 482 g/mol. The smallest absolute Gasteiger partial charge is 0.405 e. The lowest BCUT2D eigenvalue weighted by molar-refractivity contribution is -0.123. The predicted molar refractivity (Wildman–Crippen MR) is 140 cm³/mol. The molecule has 5 N–H and O–H groups in total. The number of carbonyl (C=O) groups excluding carboxylic acids is 2. The minimum absolute atomic E-state index is 0.131. The molecule has 0 aliphatic heterocycles. The van der Waals surface area contributed by atoms with Crippen molar-refractivity contribution >= 4 is 46.8 Å². The lowest BCUT2D eigenvalue weighted by Crippen LogP contribution is -2.48. The summed E-state index contributed by atoms with van der Waals surface area (Å²) >= 11 is 6.46. The van der Waals surface area contributed by atoms with Gasteiger partial charge in [-0.25, -0.2) is 4.79 Å². The van der Waals surface area contributed by atoms with Gasteiger partial charge in [-0.2, -0.15) is 0 Å². The first-order valence-corrected chi connectivity index (χ1v) is 11.5. The molecule has 2 amide bonds. The molecule has 0 spiro atoms. The number of para-hydroxylation sites is 1. The molecule has 0 saturated heterocycles. The summed E-state index contributed by atoms with van der Waals surface area (Å²) in [5.74, 6) is -0.775. The van der Waals surface area contributed by atoms with Gasteiger partial charge in [0.15, 0.2) is 5.78 Å². The van der Waals surface area contributed by atoms with Gasteiger partial charge in [-0.1, -0.05) is 66.2 Å². The first kappa shape index (κ1) is 26.5. The van der Waals surface area contributed by atoms with E-state index >= 15 is 0 Å². The summed E-state index contributed by atoms with van der Waals surface area (Å²) in [6.45, 7) is 1.36. The van der Waals surface area contributed by atoms with Crippen LogP contribution >= 0.6 is 11.6 Å². The van der Waals surface area contributed by atoms with Crippen LogP contribution in [-0.4, -0.2) is 47.2 Å². The second-order valence-corrected chi connectivity index (χ2v) is 8.29. The second-order valence-electron chi connectivity index (χ2n) is 7.88. The van der Waals surface area contributed by atoms with Gasteiger partial charge < -0.3 is 26.2 Å². The molecule has 9 heteroatoms. The Hall–Kier alpha value is -4.14. The van der Waals surface area contributed by atoms with Crippen molar-refractivity contribution in [2.45, 2.75) is 13.0 Å². The number of aliphatic hydroxyl groups excluding tert-OH is 1. The van der Waals surface area contributed by atoms with Gasteiger partial charge in [0, 0.05) is 29.0 Å². The largest absolute Gasteiger partial charge is 0.465 e. The summed E-state index contributed by atoms with van der Waals surface area (Å²) in [7, 11) is 0. The fourth-order valence-electron chi connectivity index (χ4n) is 3.47. The zero-order valence-electron chi connectivity index (χ0n) is 19.5. The summed E-state index contributed by atoms with van der Waals surface area (Å²) in [5.41, 5.74) is 4.19. The maximum absolute atomic E-state index is 12.9.